The molecule has 5 nitrogen and oxygen atoms in total. The smallest absolute Gasteiger partial charge is 0.269 e. The van der Waals surface area contributed by atoms with E-state index in [2.05, 4.69) is 278 Å². The molecular formula is C66H66N4O. The third-order valence-corrected chi connectivity index (χ3v) is 14.8. The van der Waals surface area contributed by atoms with Crippen LogP contribution in [0.5, 0.6) is 11.5 Å². The van der Waals surface area contributed by atoms with Gasteiger partial charge in [-0.05, 0) is 122 Å². The zero-order chi connectivity index (χ0) is 49.8. The summed E-state index contributed by atoms with van der Waals surface area (Å²) >= 11 is 0. The van der Waals surface area contributed by atoms with Gasteiger partial charge in [0.05, 0.1) is 28.1 Å². The summed E-state index contributed by atoms with van der Waals surface area (Å²) in [4.78, 5) is 4.96. The molecule has 71 heavy (non-hydrogen) atoms. The van der Waals surface area contributed by atoms with E-state index < -0.39 is 0 Å². The van der Waals surface area contributed by atoms with Gasteiger partial charge in [-0.3, -0.25) is 13.7 Å². The highest BCUT2D eigenvalue weighted by atomic mass is 16.5. The molecule has 0 aliphatic rings. The van der Waals surface area contributed by atoms with Crippen LogP contribution in [0.3, 0.4) is 0 Å². The highest BCUT2D eigenvalue weighted by Gasteiger charge is 2.28. The Bertz CT molecular complexity index is 3520. The lowest BCUT2D eigenvalue weighted by Gasteiger charge is -2.28. The minimum Gasteiger partial charge on any atom is -0.458 e. The first-order valence-electron chi connectivity index (χ1n) is 25.2. The van der Waals surface area contributed by atoms with E-state index >= 15 is 0 Å². The van der Waals surface area contributed by atoms with Gasteiger partial charge >= 0.3 is 0 Å². The van der Waals surface area contributed by atoms with Crippen molar-refractivity contribution in [1.29, 1.82) is 0 Å². The van der Waals surface area contributed by atoms with Crippen LogP contribution in [0.1, 0.15) is 127 Å². The lowest BCUT2D eigenvalue weighted by Crippen LogP contribution is -2.29. The Morgan fingerprint density at radius 3 is 1.77 bits per heavy atom. The molecule has 0 aliphatic heterocycles. The van der Waals surface area contributed by atoms with Crippen molar-refractivity contribution >= 4 is 21.8 Å². The van der Waals surface area contributed by atoms with Gasteiger partial charge in [0.2, 0.25) is 0 Å². The summed E-state index contributed by atoms with van der Waals surface area (Å²) < 4.78 is 13.9. The molecule has 3 aromatic heterocycles. The zero-order valence-electron chi connectivity index (χ0n) is 43.2. The molecule has 3 heterocycles. The first-order chi connectivity index (χ1) is 34.0. The average molecular weight is 931 g/mol. The summed E-state index contributed by atoms with van der Waals surface area (Å²) in [5.74, 6) is 2.94. The number of para-hydroxylation sites is 1. The Morgan fingerprint density at radius 1 is 0.507 bits per heavy atom. The maximum atomic E-state index is 7.17. The molecule has 0 saturated carbocycles. The Hall–Kier alpha value is -7.50. The van der Waals surface area contributed by atoms with E-state index in [1.54, 1.807) is 0 Å². The van der Waals surface area contributed by atoms with E-state index in [9.17, 15) is 0 Å². The van der Waals surface area contributed by atoms with E-state index in [1.807, 2.05) is 6.20 Å². The topological polar surface area (TPSA) is 35.9 Å². The van der Waals surface area contributed by atoms with Crippen molar-refractivity contribution in [2.24, 2.45) is 0 Å². The summed E-state index contributed by atoms with van der Waals surface area (Å²) in [5, 5.41) is 2.32. The Kier molecular flexibility index (Phi) is 12.2. The van der Waals surface area contributed by atoms with Crippen molar-refractivity contribution in [3.63, 3.8) is 0 Å². The van der Waals surface area contributed by atoms with Crippen molar-refractivity contribution in [3.8, 4) is 39.9 Å². The van der Waals surface area contributed by atoms with Crippen LogP contribution in [0, 0.1) is 6.33 Å². The third kappa shape index (κ3) is 8.88. The number of aromatic nitrogens is 4. The molecule has 0 bridgehead atoms. The molecule has 356 valence electrons. The fourth-order valence-electron chi connectivity index (χ4n) is 10.3. The standard InChI is InChI=1S/C66H66N4O/c1-44(2)55-29-21-30-56(45(3)4)63(55)61-42-68(51-27-20-26-49(36-51)65(8,9)46-22-14-12-15-23-46)43-69(61)52-37-50(66(10,11)47-24-16-13-17-25-47)38-54(40-52)71-53-32-33-58-57-28-18-19-31-59(57)70(60(58)41-53)62-39-48(34-35-67-62)64(5,6)7/h12-42,44-45H,1-11H3. The van der Waals surface area contributed by atoms with E-state index in [1.165, 1.54) is 44.3 Å². The number of benzene rings is 7. The molecule has 5 heteroatoms. The molecule has 0 unspecified atom stereocenters. The summed E-state index contributed by atoms with van der Waals surface area (Å²) in [5.41, 5.74) is 14.5. The van der Waals surface area contributed by atoms with Gasteiger partial charge in [0.25, 0.3) is 6.33 Å². The van der Waals surface area contributed by atoms with Crippen LogP contribution in [0.15, 0.2) is 188 Å². The fourth-order valence-corrected chi connectivity index (χ4v) is 10.3. The number of rotatable bonds is 12. The van der Waals surface area contributed by atoms with Crippen LogP contribution in [0.2, 0.25) is 0 Å². The first-order valence-corrected chi connectivity index (χ1v) is 25.2. The van der Waals surface area contributed by atoms with Gasteiger partial charge in [-0.1, -0.05) is 185 Å². The number of hydrogen-bond donors (Lipinski definition) is 0. The normalized spacial score (nSPS) is 12.4. The van der Waals surface area contributed by atoms with Crippen molar-refractivity contribution in [2.75, 3.05) is 0 Å². The monoisotopic (exact) mass is 931 g/mol. The maximum Gasteiger partial charge on any atom is 0.269 e. The van der Waals surface area contributed by atoms with Crippen molar-refractivity contribution in [2.45, 2.75) is 104 Å². The van der Waals surface area contributed by atoms with Crippen LogP contribution in [-0.2, 0) is 16.2 Å². The van der Waals surface area contributed by atoms with Gasteiger partial charge in [0.1, 0.15) is 17.3 Å². The predicted molar refractivity (Wildman–Crippen MR) is 294 cm³/mol. The molecule has 0 radical (unpaired) electrons. The molecule has 0 amide bonds. The zero-order valence-corrected chi connectivity index (χ0v) is 43.2. The van der Waals surface area contributed by atoms with Crippen LogP contribution < -0.4 is 9.30 Å². The van der Waals surface area contributed by atoms with E-state index in [0.717, 1.165) is 56.4 Å². The lowest BCUT2D eigenvalue weighted by molar-refractivity contribution is -0.599. The van der Waals surface area contributed by atoms with E-state index in [-0.39, 0.29) is 28.1 Å². The summed E-state index contributed by atoms with van der Waals surface area (Å²) in [6.07, 6.45) is 8.14. The second-order valence-corrected chi connectivity index (χ2v) is 22.0. The van der Waals surface area contributed by atoms with Gasteiger partial charge in [-0.2, -0.15) is 0 Å². The average Bonchev–Trinajstić information content (AvgIpc) is 3.96. The largest absolute Gasteiger partial charge is 0.458 e. The Balaban J connectivity index is 1.18. The number of hydrogen-bond acceptors (Lipinski definition) is 2. The lowest BCUT2D eigenvalue weighted by atomic mass is 9.78. The van der Waals surface area contributed by atoms with Crippen molar-refractivity contribution < 1.29 is 9.30 Å². The number of imidazole rings is 1. The van der Waals surface area contributed by atoms with Gasteiger partial charge in [0, 0.05) is 40.1 Å². The van der Waals surface area contributed by atoms with Crippen molar-refractivity contribution in [3.05, 3.63) is 234 Å². The second-order valence-electron chi connectivity index (χ2n) is 22.0. The Morgan fingerprint density at radius 2 is 1.11 bits per heavy atom. The predicted octanol–water partition coefficient (Wildman–Crippen LogP) is 16.7. The molecule has 0 spiro atoms. The SMILES string of the molecule is CC(C)c1cccc(C(C)C)c1-c1c[n+](-c2cccc(C(C)(C)c3ccccc3)c2)[c-]n1-c1cc(Oc2ccc3c4ccccc4n(-c4cc(C(C)(C)C)ccn4)c3c2)cc(C(C)(C)c2ccccc2)c1. The number of pyridine rings is 1. The van der Waals surface area contributed by atoms with Gasteiger partial charge in [-0.15, -0.1) is 0 Å². The molecule has 0 atom stereocenters. The summed E-state index contributed by atoms with van der Waals surface area (Å²) in [6.45, 7) is 25.2. The molecule has 0 aliphatic carbocycles. The van der Waals surface area contributed by atoms with Crippen LogP contribution in [-0.4, -0.2) is 14.1 Å². The molecule has 0 fully saturated rings. The highest BCUT2D eigenvalue weighted by Crippen LogP contribution is 2.42. The first kappa shape index (κ1) is 47.2. The second kappa shape index (κ2) is 18.4. The van der Waals surface area contributed by atoms with Crippen LogP contribution in [0.25, 0.3) is 50.3 Å². The molecule has 0 N–H and O–H groups in total. The maximum absolute atomic E-state index is 7.17. The van der Waals surface area contributed by atoms with E-state index in [0.29, 0.717) is 0 Å². The molecule has 0 saturated heterocycles. The van der Waals surface area contributed by atoms with Crippen molar-refractivity contribution in [1.82, 2.24) is 14.1 Å². The number of fused-ring (bicyclic) bond motifs is 3. The molecule has 7 aromatic carbocycles. The Labute approximate surface area is 421 Å². The minimum absolute atomic E-state index is 0.0339. The van der Waals surface area contributed by atoms with Gasteiger partial charge < -0.3 is 4.74 Å². The molecule has 10 aromatic rings. The highest BCUT2D eigenvalue weighted by molar-refractivity contribution is 6.09. The fraction of sp³-hybridized carbons (Fsp3) is 0.242. The summed E-state index contributed by atoms with van der Waals surface area (Å²) in [7, 11) is 0. The van der Waals surface area contributed by atoms with Gasteiger partial charge in [-0.25, -0.2) is 4.98 Å². The van der Waals surface area contributed by atoms with Gasteiger partial charge in [0.15, 0.2) is 0 Å². The number of nitrogens with zero attached hydrogens (tertiary/aromatic N) is 4. The number of ether oxygens (including phenoxy) is 1. The molecular weight excluding hydrogens is 865 g/mol. The van der Waals surface area contributed by atoms with E-state index in [4.69, 9.17) is 9.72 Å². The van der Waals surface area contributed by atoms with Crippen LogP contribution in [0.4, 0.5) is 0 Å². The van der Waals surface area contributed by atoms with Crippen LogP contribution >= 0.6 is 0 Å². The third-order valence-electron chi connectivity index (χ3n) is 14.8. The summed E-state index contributed by atoms with van der Waals surface area (Å²) in [6, 6.07) is 63.5. The minimum atomic E-state index is -0.380. The molecule has 10 rings (SSSR count). The quantitative estimate of drug-likeness (QED) is 0.0904.